The van der Waals surface area contributed by atoms with Gasteiger partial charge in [0.2, 0.25) is 5.78 Å². The smallest absolute Gasteiger partial charge is 0.227 e. The molecule has 2 aromatic rings. The van der Waals surface area contributed by atoms with E-state index in [2.05, 4.69) is 0 Å². The van der Waals surface area contributed by atoms with Crippen molar-refractivity contribution < 1.29 is 14.3 Å². The lowest BCUT2D eigenvalue weighted by Crippen LogP contribution is -2.04. The van der Waals surface area contributed by atoms with Gasteiger partial charge in [0.15, 0.2) is 5.76 Å². The maximum Gasteiger partial charge on any atom is 0.227 e. The first-order valence-corrected chi connectivity index (χ1v) is 6.24. The molecule has 0 aliphatic carbocycles. The Kier molecular flexibility index (Phi) is 4.56. The Morgan fingerprint density at radius 2 is 1.60 bits per heavy atom. The standard InChI is InChI=1S/C17H16O3/c1-19-15-10-8-13(9-11-15)12-16(20-2)17(18)14-6-4-3-5-7-14/h3-12H,1-2H3/b16-12-. The van der Waals surface area contributed by atoms with Crippen LogP contribution in [0.1, 0.15) is 15.9 Å². The minimum atomic E-state index is -0.135. The van der Waals surface area contributed by atoms with Crippen molar-refractivity contribution in [2.45, 2.75) is 0 Å². The summed E-state index contributed by atoms with van der Waals surface area (Å²) in [6, 6.07) is 16.5. The second-order valence-electron chi connectivity index (χ2n) is 4.18. The van der Waals surface area contributed by atoms with E-state index in [1.54, 1.807) is 25.3 Å². The molecule has 2 rings (SSSR count). The predicted molar refractivity (Wildman–Crippen MR) is 78.8 cm³/mol. The van der Waals surface area contributed by atoms with E-state index in [0.29, 0.717) is 11.3 Å². The summed E-state index contributed by atoms with van der Waals surface area (Å²) in [5.41, 5.74) is 1.49. The van der Waals surface area contributed by atoms with Gasteiger partial charge >= 0.3 is 0 Å². The normalized spacial score (nSPS) is 11.0. The number of methoxy groups -OCH3 is 2. The van der Waals surface area contributed by atoms with Gasteiger partial charge in [0.1, 0.15) is 5.75 Å². The molecule has 0 saturated heterocycles. The molecule has 3 nitrogen and oxygen atoms in total. The van der Waals surface area contributed by atoms with E-state index in [1.807, 2.05) is 42.5 Å². The molecule has 0 aromatic heterocycles. The van der Waals surface area contributed by atoms with Crippen molar-refractivity contribution in [2.24, 2.45) is 0 Å². The fourth-order valence-corrected chi connectivity index (χ4v) is 1.80. The molecule has 102 valence electrons. The van der Waals surface area contributed by atoms with Crippen LogP contribution < -0.4 is 4.74 Å². The SMILES string of the molecule is CO/C(=C\c1ccc(OC)cc1)C(=O)c1ccccc1. The van der Waals surface area contributed by atoms with Gasteiger partial charge < -0.3 is 9.47 Å². The number of carbonyl (C=O) groups is 1. The summed E-state index contributed by atoms with van der Waals surface area (Å²) < 4.78 is 10.3. The molecule has 0 aliphatic rings. The lowest BCUT2D eigenvalue weighted by molar-refractivity contribution is 0.0957. The fraction of sp³-hybridized carbons (Fsp3) is 0.118. The summed E-state index contributed by atoms with van der Waals surface area (Å²) in [6.07, 6.45) is 1.72. The lowest BCUT2D eigenvalue weighted by atomic mass is 10.1. The van der Waals surface area contributed by atoms with Crippen LogP contribution in [0.5, 0.6) is 5.75 Å². The van der Waals surface area contributed by atoms with E-state index in [4.69, 9.17) is 9.47 Å². The van der Waals surface area contributed by atoms with Gasteiger partial charge in [-0.2, -0.15) is 0 Å². The zero-order valence-corrected chi connectivity index (χ0v) is 11.5. The van der Waals surface area contributed by atoms with E-state index in [0.717, 1.165) is 11.3 Å². The van der Waals surface area contributed by atoms with E-state index in [9.17, 15) is 4.79 Å². The Hall–Kier alpha value is -2.55. The highest BCUT2D eigenvalue weighted by Crippen LogP contribution is 2.16. The highest BCUT2D eigenvalue weighted by Gasteiger charge is 2.12. The van der Waals surface area contributed by atoms with Crippen molar-refractivity contribution in [3.63, 3.8) is 0 Å². The van der Waals surface area contributed by atoms with Gasteiger partial charge in [0.25, 0.3) is 0 Å². The highest BCUT2D eigenvalue weighted by atomic mass is 16.5. The predicted octanol–water partition coefficient (Wildman–Crippen LogP) is 3.57. The van der Waals surface area contributed by atoms with Gasteiger partial charge in [-0.3, -0.25) is 4.79 Å². The molecule has 0 N–H and O–H groups in total. The summed E-state index contributed by atoms with van der Waals surface area (Å²) >= 11 is 0. The molecule has 0 heterocycles. The highest BCUT2D eigenvalue weighted by molar-refractivity contribution is 6.09. The Balaban J connectivity index is 2.26. The molecule has 0 spiro atoms. The molecular weight excluding hydrogens is 252 g/mol. The minimum Gasteiger partial charge on any atom is -0.497 e. The lowest BCUT2D eigenvalue weighted by Gasteiger charge is -2.06. The third kappa shape index (κ3) is 3.26. The number of carbonyl (C=O) groups excluding carboxylic acids is 1. The molecular formula is C17H16O3. The molecule has 0 radical (unpaired) electrons. The topological polar surface area (TPSA) is 35.5 Å². The number of rotatable bonds is 5. The Labute approximate surface area is 118 Å². The van der Waals surface area contributed by atoms with Crippen molar-refractivity contribution >= 4 is 11.9 Å². The van der Waals surface area contributed by atoms with Crippen LogP contribution in [0.2, 0.25) is 0 Å². The maximum absolute atomic E-state index is 12.3. The average Bonchev–Trinajstić information content (AvgIpc) is 2.53. The molecule has 0 atom stereocenters. The van der Waals surface area contributed by atoms with E-state index < -0.39 is 0 Å². The molecule has 0 amide bonds. The molecule has 0 aliphatic heterocycles. The molecule has 20 heavy (non-hydrogen) atoms. The van der Waals surface area contributed by atoms with E-state index in [-0.39, 0.29) is 5.78 Å². The zero-order chi connectivity index (χ0) is 14.4. The number of ketones is 1. The summed E-state index contributed by atoms with van der Waals surface area (Å²) in [6.45, 7) is 0. The van der Waals surface area contributed by atoms with Crippen LogP contribution in [-0.4, -0.2) is 20.0 Å². The van der Waals surface area contributed by atoms with Crippen molar-refractivity contribution in [3.8, 4) is 5.75 Å². The first-order chi connectivity index (χ1) is 9.74. The number of hydrogen-bond acceptors (Lipinski definition) is 3. The maximum atomic E-state index is 12.3. The van der Waals surface area contributed by atoms with Crippen molar-refractivity contribution in [3.05, 3.63) is 71.5 Å². The minimum absolute atomic E-state index is 0.135. The van der Waals surface area contributed by atoms with Gasteiger partial charge in [0.05, 0.1) is 14.2 Å². The second kappa shape index (κ2) is 6.57. The van der Waals surface area contributed by atoms with Crippen LogP contribution in [0.4, 0.5) is 0 Å². The number of benzene rings is 2. The number of Topliss-reactive ketones (excluding diaryl/α,β-unsaturated/α-hetero) is 1. The van der Waals surface area contributed by atoms with Crippen molar-refractivity contribution in [1.29, 1.82) is 0 Å². The van der Waals surface area contributed by atoms with E-state index >= 15 is 0 Å². The summed E-state index contributed by atoms with van der Waals surface area (Å²) in [7, 11) is 3.11. The molecule has 3 heteroatoms. The number of ether oxygens (including phenoxy) is 2. The first kappa shape index (κ1) is 13.9. The summed E-state index contributed by atoms with van der Waals surface area (Å²) in [5.74, 6) is 0.945. The summed E-state index contributed by atoms with van der Waals surface area (Å²) in [4.78, 5) is 12.3. The Morgan fingerprint density at radius 3 is 2.15 bits per heavy atom. The van der Waals surface area contributed by atoms with Gasteiger partial charge in [-0.05, 0) is 23.8 Å². The third-order valence-electron chi connectivity index (χ3n) is 2.89. The van der Waals surface area contributed by atoms with Gasteiger partial charge in [0, 0.05) is 5.56 Å². The number of hydrogen-bond donors (Lipinski definition) is 0. The fourth-order valence-electron chi connectivity index (χ4n) is 1.80. The second-order valence-corrected chi connectivity index (χ2v) is 4.18. The quantitative estimate of drug-likeness (QED) is 0.472. The van der Waals surface area contributed by atoms with Crippen LogP contribution in [0.25, 0.3) is 6.08 Å². The van der Waals surface area contributed by atoms with Gasteiger partial charge in [-0.25, -0.2) is 0 Å². The van der Waals surface area contributed by atoms with Crippen LogP contribution in [0.3, 0.4) is 0 Å². The van der Waals surface area contributed by atoms with Crippen LogP contribution in [-0.2, 0) is 4.74 Å². The third-order valence-corrected chi connectivity index (χ3v) is 2.89. The Morgan fingerprint density at radius 1 is 0.950 bits per heavy atom. The molecule has 0 unspecified atom stereocenters. The first-order valence-electron chi connectivity index (χ1n) is 6.24. The zero-order valence-electron chi connectivity index (χ0n) is 11.5. The van der Waals surface area contributed by atoms with E-state index in [1.165, 1.54) is 7.11 Å². The largest absolute Gasteiger partial charge is 0.497 e. The van der Waals surface area contributed by atoms with Crippen LogP contribution in [0.15, 0.2) is 60.4 Å². The Bertz CT molecular complexity index is 598. The average molecular weight is 268 g/mol. The van der Waals surface area contributed by atoms with Gasteiger partial charge in [-0.1, -0.05) is 42.5 Å². The van der Waals surface area contributed by atoms with Crippen LogP contribution in [0, 0.1) is 0 Å². The van der Waals surface area contributed by atoms with Gasteiger partial charge in [-0.15, -0.1) is 0 Å². The van der Waals surface area contributed by atoms with Crippen molar-refractivity contribution in [1.82, 2.24) is 0 Å². The molecule has 0 bridgehead atoms. The van der Waals surface area contributed by atoms with Crippen molar-refractivity contribution in [2.75, 3.05) is 14.2 Å². The molecule has 2 aromatic carbocycles. The summed E-state index contributed by atoms with van der Waals surface area (Å²) in [5, 5.41) is 0. The molecule has 0 saturated carbocycles. The monoisotopic (exact) mass is 268 g/mol. The van der Waals surface area contributed by atoms with Crippen LogP contribution >= 0.6 is 0 Å². The number of allylic oxidation sites excluding steroid dienone is 1. The molecule has 0 fully saturated rings.